The summed E-state index contributed by atoms with van der Waals surface area (Å²) >= 11 is 1.61. The van der Waals surface area contributed by atoms with Gasteiger partial charge in [0, 0.05) is 55.9 Å². The Balaban J connectivity index is 1.53. The smallest absolute Gasteiger partial charge is 0.222 e. The van der Waals surface area contributed by atoms with Crippen LogP contribution in [0.4, 0.5) is 4.39 Å². The van der Waals surface area contributed by atoms with Crippen LogP contribution < -0.4 is 0 Å². The Morgan fingerprint density at radius 1 is 1.42 bits per heavy atom. The predicted octanol–water partition coefficient (Wildman–Crippen LogP) is 2.85. The summed E-state index contributed by atoms with van der Waals surface area (Å²) in [5, 5.41) is 0. The third-order valence-corrected chi connectivity index (χ3v) is 5.82. The number of halogens is 1. The highest BCUT2D eigenvalue weighted by Crippen LogP contribution is 2.25. The summed E-state index contributed by atoms with van der Waals surface area (Å²) in [6.45, 7) is 3.67. The van der Waals surface area contributed by atoms with Crippen molar-refractivity contribution in [3.05, 3.63) is 46.2 Å². The van der Waals surface area contributed by atoms with Crippen LogP contribution in [0.25, 0.3) is 0 Å². The van der Waals surface area contributed by atoms with Gasteiger partial charge in [0.15, 0.2) is 0 Å². The minimum atomic E-state index is -0.828. The van der Waals surface area contributed by atoms with Gasteiger partial charge in [0.25, 0.3) is 0 Å². The van der Waals surface area contributed by atoms with Gasteiger partial charge in [0.2, 0.25) is 5.91 Å². The predicted molar refractivity (Wildman–Crippen MR) is 101 cm³/mol. The molecule has 140 valence electrons. The van der Waals surface area contributed by atoms with Crippen LogP contribution in [0.15, 0.2) is 29.9 Å². The summed E-state index contributed by atoms with van der Waals surface area (Å²) in [5.41, 5.74) is 3.76. The highest BCUT2D eigenvalue weighted by molar-refractivity contribution is 7.09. The standard InChI is InChI=1S/C19H25FN4OS/c1-14-18(26-13-22-14)12-24-10-15(20)9-17(24)11-23(2)19(25)7-6-16-5-3-4-8-21-16/h3-5,8,13,15,17H,6-7,9-12H2,1-2H3/t15-,17-/m0/s1. The second-order valence-corrected chi connectivity index (χ2v) is 7.81. The molecule has 1 saturated heterocycles. The second-order valence-electron chi connectivity index (χ2n) is 6.87. The number of aromatic nitrogens is 2. The fraction of sp³-hybridized carbons (Fsp3) is 0.526. The zero-order valence-corrected chi connectivity index (χ0v) is 16.1. The maximum Gasteiger partial charge on any atom is 0.222 e. The normalized spacial score (nSPS) is 20.4. The van der Waals surface area contributed by atoms with Crippen LogP contribution in [-0.4, -0.2) is 58.0 Å². The minimum absolute atomic E-state index is 0.0512. The third kappa shape index (κ3) is 4.86. The number of hydrogen-bond donors (Lipinski definition) is 0. The number of carbonyl (C=O) groups excluding carboxylic acids is 1. The van der Waals surface area contributed by atoms with Gasteiger partial charge < -0.3 is 4.90 Å². The molecule has 1 fully saturated rings. The van der Waals surface area contributed by atoms with E-state index in [1.165, 1.54) is 4.88 Å². The van der Waals surface area contributed by atoms with Crippen LogP contribution in [0.3, 0.4) is 0 Å². The molecule has 2 aromatic rings. The Hall–Kier alpha value is -1.86. The van der Waals surface area contributed by atoms with E-state index in [2.05, 4.69) is 14.9 Å². The Labute approximate surface area is 157 Å². The summed E-state index contributed by atoms with van der Waals surface area (Å²) in [6, 6.07) is 5.77. The topological polar surface area (TPSA) is 49.3 Å². The maximum atomic E-state index is 14.0. The Bertz CT molecular complexity index is 723. The van der Waals surface area contributed by atoms with Crippen molar-refractivity contribution in [1.82, 2.24) is 19.8 Å². The molecular weight excluding hydrogens is 351 g/mol. The molecule has 0 spiro atoms. The number of rotatable bonds is 7. The third-order valence-electron chi connectivity index (χ3n) is 4.90. The SMILES string of the molecule is Cc1ncsc1CN1C[C@@H](F)C[C@H]1CN(C)C(=O)CCc1ccccn1. The number of carbonyl (C=O) groups is 1. The monoisotopic (exact) mass is 376 g/mol. The number of aryl methyl sites for hydroxylation is 2. The lowest BCUT2D eigenvalue weighted by molar-refractivity contribution is -0.130. The molecule has 0 aromatic carbocycles. The average molecular weight is 377 g/mol. The number of alkyl halides is 1. The summed E-state index contributed by atoms with van der Waals surface area (Å²) in [4.78, 5) is 26.0. The van der Waals surface area contributed by atoms with Crippen molar-refractivity contribution < 1.29 is 9.18 Å². The minimum Gasteiger partial charge on any atom is -0.344 e. The number of pyridine rings is 1. The molecule has 5 nitrogen and oxygen atoms in total. The van der Waals surface area contributed by atoms with Gasteiger partial charge in [-0.25, -0.2) is 9.37 Å². The Morgan fingerprint density at radius 2 is 2.27 bits per heavy atom. The van der Waals surface area contributed by atoms with Gasteiger partial charge in [-0.2, -0.15) is 0 Å². The molecule has 2 atom stereocenters. The van der Waals surface area contributed by atoms with Crippen LogP contribution >= 0.6 is 11.3 Å². The van der Waals surface area contributed by atoms with Crippen LogP contribution in [0.1, 0.15) is 29.1 Å². The first kappa shape index (κ1) is 18.9. The molecule has 0 aliphatic carbocycles. The molecule has 3 rings (SSSR count). The maximum absolute atomic E-state index is 14.0. The zero-order valence-electron chi connectivity index (χ0n) is 15.3. The molecule has 0 radical (unpaired) electrons. The van der Waals surface area contributed by atoms with E-state index in [9.17, 15) is 9.18 Å². The Morgan fingerprint density at radius 3 is 2.96 bits per heavy atom. The lowest BCUT2D eigenvalue weighted by Gasteiger charge is -2.28. The molecule has 0 saturated carbocycles. The van der Waals surface area contributed by atoms with E-state index in [1.54, 1.807) is 22.4 Å². The Kier molecular flexibility index (Phi) is 6.32. The number of thiazole rings is 1. The van der Waals surface area contributed by atoms with Gasteiger partial charge in [-0.3, -0.25) is 14.7 Å². The fourth-order valence-corrected chi connectivity index (χ4v) is 4.16. The van der Waals surface area contributed by atoms with E-state index in [4.69, 9.17) is 0 Å². The van der Waals surface area contributed by atoms with Crippen molar-refractivity contribution in [2.24, 2.45) is 0 Å². The van der Waals surface area contributed by atoms with Crippen molar-refractivity contribution in [2.45, 2.75) is 44.9 Å². The quantitative estimate of drug-likeness (QED) is 0.746. The highest BCUT2D eigenvalue weighted by Gasteiger charge is 2.33. The molecule has 7 heteroatoms. The van der Waals surface area contributed by atoms with Crippen molar-refractivity contribution in [3.8, 4) is 0 Å². The first-order valence-electron chi connectivity index (χ1n) is 8.94. The van der Waals surface area contributed by atoms with Crippen LogP contribution in [0.5, 0.6) is 0 Å². The van der Waals surface area contributed by atoms with Gasteiger partial charge in [0.1, 0.15) is 6.17 Å². The first-order valence-corrected chi connectivity index (χ1v) is 9.82. The molecule has 1 aliphatic heterocycles. The summed E-state index contributed by atoms with van der Waals surface area (Å²) < 4.78 is 14.0. The summed E-state index contributed by atoms with van der Waals surface area (Å²) in [6.07, 6.45) is 2.45. The number of likely N-dealkylation sites (N-methyl/N-ethyl adjacent to an activating group) is 1. The summed E-state index contributed by atoms with van der Waals surface area (Å²) in [5.74, 6) is 0.0758. The van der Waals surface area contributed by atoms with Gasteiger partial charge >= 0.3 is 0 Å². The van der Waals surface area contributed by atoms with Crippen molar-refractivity contribution in [1.29, 1.82) is 0 Å². The van der Waals surface area contributed by atoms with E-state index in [1.807, 2.05) is 37.7 Å². The van der Waals surface area contributed by atoms with E-state index < -0.39 is 6.17 Å². The van der Waals surface area contributed by atoms with E-state index >= 15 is 0 Å². The largest absolute Gasteiger partial charge is 0.344 e. The lowest BCUT2D eigenvalue weighted by Crippen LogP contribution is -2.41. The number of amides is 1. The highest BCUT2D eigenvalue weighted by atomic mass is 32.1. The number of nitrogens with zero attached hydrogens (tertiary/aromatic N) is 4. The van der Waals surface area contributed by atoms with Crippen molar-refractivity contribution in [2.75, 3.05) is 20.1 Å². The zero-order chi connectivity index (χ0) is 18.5. The molecule has 1 aliphatic rings. The molecule has 3 heterocycles. The van der Waals surface area contributed by atoms with Gasteiger partial charge in [0.05, 0.1) is 11.2 Å². The van der Waals surface area contributed by atoms with E-state index in [0.717, 1.165) is 11.4 Å². The van der Waals surface area contributed by atoms with Gasteiger partial charge in [-0.15, -0.1) is 11.3 Å². The van der Waals surface area contributed by atoms with Crippen LogP contribution in [-0.2, 0) is 17.8 Å². The molecule has 0 unspecified atom stereocenters. The van der Waals surface area contributed by atoms with Gasteiger partial charge in [-0.05, 0) is 31.9 Å². The summed E-state index contributed by atoms with van der Waals surface area (Å²) in [7, 11) is 1.81. The molecule has 1 amide bonds. The molecule has 2 aromatic heterocycles. The van der Waals surface area contributed by atoms with Crippen LogP contribution in [0, 0.1) is 6.92 Å². The molecule has 0 N–H and O–H groups in total. The van der Waals surface area contributed by atoms with Crippen LogP contribution in [0.2, 0.25) is 0 Å². The van der Waals surface area contributed by atoms with Gasteiger partial charge in [-0.1, -0.05) is 6.07 Å². The number of hydrogen-bond acceptors (Lipinski definition) is 5. The van der Waals surface area contributed by atoms with Crippen molar-refractivity contribution >= 4 is 17.2 Å². The van der Waals surface area contributed by atoms with E-state index in [-0.39, 0.29) is 11.9 Å². The van der Waals surface area contributed by atoms with E-state index in [0.29, 0.717) is 38.9 Å². The number of likely N-dealkylation sites (tertiary alicyclic amines) is 1. The lowest BCUT2D eigenvalue weighted by atomic mass is 10.1. The fourth-order valence-electron chi connectivity index (χ4n) is 3.36. The first-order chi connectivity index (χ1) is 12.5. The molecule has 26 heavy (non-hydrogen) atoms. The average Bonchev–Trinajstić information content (AvgIpc) is 3.19. The molecule has 0 bridgehead atoms. The second kappa shape index (κ2) is 8.68. The molecular formula is C19H25FN4OS. The van der Waals surface area contributed by atoms with Crippen molar-refractivity contribution in [3.63, 3.8) is 0 Å².